The highest BCUT2D eigenvalue weighted by molar-refractivity contribution is 6.11. The second-order valence-corrected chi connectivity index (χ2v) is 5.00. The standard InChI is InChI=1S/C14H8N2O8/c17-9-3-6-10(5(12(18)19)1-7(15-6)13(20)21)11-4(9)2-8(14(22)23)16(11)24/h1-2,24H,3H2,(H,18,19)(H,20,21)(H,22,23). The van der Waals surface area contributed by atoms with Crippen LogP contribution in [0.2, 0.25) is 0 Å². The van der Waals surface area contributed by atoms with Crippen LogP contribution in [-0.4, -0.2) is 53.9 Å². The number of nitrogens with zero attached hydrogens (tertiary/aromatic N) is 2. The molecule has 1 aliphatic carbocycles. The van der Waals surface area contributed by atoms with Crippen LogP contribution in [0.4, 0.5) is 0 Å². The summed E-state index contributed by atoms with van der Waals surface area (Å²) in [6.45, 7) is 0. The third-order valence-electron chi connectivity index (χ3n) is 3.60. The molecule has 0 saturated carbocycles. The molecule has 0 amide bonds. The van der Waals surface area contributed by atoms with Crippen LogP contribution in [0.3, 0.4) is 0 Å². The van der Waals surface area contributed by atoms with E-state index in [1.807, 2.05) is 0 Å². The van der Waals surface area contributed by atoms with Gasteiger partial charge in [-0.15, -0.1) is 0 Å². The molecule has 2 aromatic heterocycles. The average Bonchev–Trinajstić information content (AvgIpc) is 2.84. The third kappa shape index (κ3) is 2.00. The number of carbonyl (C=O) groups excluding carboxylic acids is 1. The Morgan fingerprint density at radius 3 is 2.25 bits per heavy atom. The van der Waals surface area contributed by atoms with Crippen LogP contribution in [0.15, 0.2) is 12.1 Å². The Morgan fingerprint density at radius 2 is 1.71 bits per heavy atom. The number of carboxylic acid groups (broad SMARTS) is 3. The number of aromatic nitrogens is 2. The molecule has 0 spiro atoms. The molecule has 24 heavy (non-hydrogen) atoms. The van der Waals surface area contributed by atoms with Crippen molar-refractivity contribution in [1.29, 1.82) is 0 Å². The molecular formula is C14H8N2O8. The molecule has 2 heterocycles. The van der Waals surface area contributed by atoms with Crippen LogP contribution in [0.25, 0.3) is 11.3 Å². The molecule has 0 unspecified atom stereocenters. The van der Waals surface area contributed by atoms with Crippen molar-refractivity contribution < 1.29 is 39.7 Å². The summed E-state index contributed by atoms with van der Waals surface area (Å²) in [6, 6.07) is 1.72. The quantitative estimate of drug-likeness (QED) is 0.589. The van der Waals surface area contributed by atoms with E-state index in [-0.39, 0.29) is 27.2 Å². The first-order valence-electron chi connectivity index (χ1n) is 6.44. The Kier molecular flexibility index (Phi) is 3.11. The normalized spacial score (nSPS) is 12.4. The number of pyridine rings is 1. The molecule has 10 nitrogen and oxygen atoms in total. The van der Waals surface area contributed by atoms with E-state index in [2.05, 4.69) is 4.98 Å². The number of rotatable bonds is 3. The lowest BCUT2D eigenvalue weighted by molar-refractivity contribution is 0.0643. The highest BCUT2D eigenvalue weighted by Gasteiger charge is 2.35. The molecule has 0 bridgehead atoms. The topological polar surface area (TPSA) is 167 Å². The maximum atomic E-state index is 12.1. The number of hydrogen-bond donors (Lipinski definition) is 4. The van der Waals surface area contributed by atoms with E-state index in [1.54, 1.807) is 0 Å². The van der Waals surface area contributed by atoms with E-state index >= 15 is 0 Å². The summed E-state index contributed by atoms with van der Waals surface area (Å²) < 4.78 is 0.197. The van der Waals surface area contributed by atoms with Gasteiger partial charge >= 0.3 is 17.9 Å². The minimum absolute atomic E-state index is 0.157. The molecule has 0 fully saturated rings. The van der Waals surface area contributed by atoms with E-state index in [9.17, 15) is 29.5 Å². The van der Waals surface area contributed by atoms with Gasteiger partial charge in [0.25, 0.3) is 0 Å². The fourth-order valence-electron chi connectivity index (χ4n) is 2.62. The van der Waals surface area contributed by atoms with Gasteiger partial charge in [0.2, 0.25) is 0 Å². The first kappa shape index (κ1) is 15.2. The second kappa shape index (κ2) is 4.91. The van der Waals surface area contributed by atoms with Crippen molar-refractivity contribution in [2.75, 3.05) is 0 Å². The predicted molar refractivity (Wildman–Crippen MR) is 73.8 cm³/mol. The average molecular weight is 332 g/mol. The van der Waals surface area contributed by atoms with Crippen LogP contribution in [-0.2, 0) is 6.42 Å². The van der Waals surface area contributed by atoms with E-state index in [0.717, 1.165) is 12.1 Å². The lowest BCUT2D eigenvalue weighted by Crippen LogP contribution is -2.20. The number of hydrogen-bond acceptors (Lipinski definition) is 6. The van der Waals surface area contributed by atoms with Gasteiger partial charge in [-0.2, -0.15) is 4.73 Å². The number of carbonyl (C=O) groups is 4. The van der Waals surface area contributed by atoms with Crippen molar-refractivity contribution in [3.8, 4) is 11.3 Å². The van der Waals surface area contributed by atoms with Gasteiger partial charge in [-0.25, -0.2) is 19.4 Å². The maximum absolute atomic E-state index is 12.1. The summed E-state index contributed by atoms with van der Waals surface area (Å²) in [6.07, 6.45) is -0.410. The zero-order valence-electron chi connectivity index (χ0n) is 11.7. The zero-order chi connectivity index (χ0) is 17.8. The van der Waals surface area contributed by atoms with Crippen molar-refractivity contribution in [2.45, 2.75) is 6.42 Å². The predicted octanol–water partition coefficient (Wildman–Crippen LogP) is 0.621. The Hall–Kier alpha value is -3.69. The Bertz CT molecular complexity index is 956. The molecule has 4 N–H and O–H groups in total. The Balaban J connectivity index is 2.42. The van der Waals surface area contributed by atoms with Crippen LogP contribution >= 0.6 is 0 Å². The van der Waals surface area contributed by atoms with Gasteiger partial charge < -0.3 is 20.5 Å². The van der Waals surface area contributed by atoms with Crippen molar-refractivity contribution in [2.24, 2.45) is 0 Å². The number of fused-ring (bicyclic) bond motifs is 3. The van der Waals surface area contributed by atoms with Gasteiger partial charge in [0, 0.05) is 11.1 Å². The summed E-state index contributed by atoms with van der Waals surface area (Å²) in [4.78, 5) is 49.6. The zero-order valence-corrected chi connectivity index (χ0v) is 11.7. The van der Waals surface area contributed by atoms with Crippen molar-refractivity contribution in [3.63, 3.8) is 0 Å². The highest BCUT2D eigenvalue weighted by Crippen LogP contribution is 2.37. The van der Waals surface area contributed by atoms with Crippen LogP contribution in [0.1, 0.15) is 47.4 Å². The highest BCUT2D eigenvalue weighted by atomic mass is 16.5. The lowest BCUT2D eigenvalue weighted by atomic mass is 9.89. The van der Waals surface area contributed by atoms with Crippen molar-refractivity contribution in [1.82, 2.24) is 9.71 Å². The maximum Gasteiger partial charge on any atom is 0.356 e. The Labute approximate surface area is 132 Å². The first-order chi connectivity index (χ1) is 11.2. The Morgan fingerprint density at radius 1 is 1.04 bits per heavy atom. The molecule has 0 radical (unpaired) electrons. The lowest BCUT2D eigenvalue weighted by Gasteiger charge is -2.18. The molecule has 0 aromatic carbocycles. The number of carboxylic acids is 3. The molecule has 3 rings (SSSR count). The van der Waals surface area contributed by atoms with Gasteiger partial charge in [0.1, 0.15) is 11.4 Å². The molecule has 10 heteroatoms. The smallest absolute Gasteiger partial charge is 0.356 e. The van der Waals surface area contributed by atoms with Crippen LogP contribution < -0.4 is 0 Å². The summed E-state index contributed by atoms with van der Waals surface area (Å²) in [7, 11) is 0. The summed E-state index contributed by atoms with van der Waals surface area (Å²) in [5.41, 5.74) is -2.55. The van der Waals surface area contributed by atoms with Gasteiger partial charge in [-0.05, 0) is 12.1 Å². The van der Waals surface area contributed by atoms with Gasteiger partial charge in [0.15, 0.2) is 11.5 Å². The van der Waals surface area contributed by atoms with Gasteiger partial charge in [0.05, 0.1) is 17.7 Å². The molecule has 0 saturated heterocycles. The fraction of sp³-hybridized carbons (Fsp3) is 0.0714. The molecule has 0 atom stereocenters. The molecule has 122 valence electrons. The summed E-state index contributed by atoms with van der Waals surface area (Å²) in [5.74, 6) is -5.12. The van der Waals surface area contributed by atoms with Gasteiger partial charge in [-0.1, -0.05) is 0 Å². The summed E-state index contributed by atoms with van der Waals surface area (Å²) >= 11 is 0. The number of ketones is 1. The van der Waals surface area contributed by atoms with E-state index in [1.165, 1.54) is 0 Å². The minimum atomic E-state index is -1.52. The van der Waals surface area contributed by atoms with E-state index < -0.39 is 47.1 Å². The van der Waals surface area contributed by atoms with Crippen molar-refractivity contribution in [3.05, 3.63) is 40.3 Å². The van der Waals surface area contributed by atoms with E-state index in [0.29, 0.717) is 0 Å². The second-order valence-electron chi connectivity index (χ2n) is 5.00. The monoisotopic (exact) mass is 332 g/mol. The van der Waals surface area contributed by atoms with Gasteiger partial charge in [-0.3, -0.25) is 4.79 Å². The molecule has 2 aromatic rings. The molecule has 0 aliphatic heterocycles. The molecular weight excluding hydrogens is 324 g/mol. The first-order valence-corrected chi connectivity index (χ1v) is 6.44. The van der Waals surface area contributed by atoms with E-state index in [4.69, 9.17) is 10.2 Å². The van der Waals surface area contributed by atoms with Crippen molar-refractivity contribution >= 4 is 23.7 Å². The third-order valence-corrected chi connectivity index (χ3v) is 3.60. The summed E-state index contributed by atoms with van der Waals surface area (Å²) in [5, 5.41) is 37.4. The number of aromatic carboxylic acids is 3. The van der Waals surface area contributed by atoms with Crippen LogP contribution in [0, 0.1) is 0 Å². The number of Topliss-reactive ketones (excluding diaryl/α,β-unsaturated/α-hetero) is 1. The fourth-order valence-corrected chi connectivity index (χ4v) is 2.62. The SMILES string of the molecule is O=C(O)c1cc(C(=O)O)c2c(n1)CC(=O)c1cc(C(=O)O)n(O)c1-2. The minimum Gasteiger partial charge on any atom is -0.478 e. The largest absolute Gasteiger partial charge is 0.478 e. The van der Waals surface area contributed by atoms with Crippen LogP contribution in [0.5, 0.6) is 0 Å². The molecule has 1 aliphatic rings.